The van der Waals surface area contributed by atoms with E-state index in [4.69, 9.17) is 11.6 Å². The third-order valence-electron chi connectivity index (χ3n) is 2.97. The van der Waals surface area contributed by atoms with Crippen LogP contribution in [0.15, 0.2) is 29.0 Å². The molecular weight excluding hydrogens is 254 g/mol. The summed E-state index contributed by atoms with van der Waals surface area (Å²) >= 11 is 6.20. The lowest BCUT2D eigenvalue weighted by Gasteiger charge is -2.29. The third-order valence-corrected chi connectivity index (χ3v) is 3.50. The van der Waals surface area contributed by atoms with E-state index in [2.05, 4.69) is 15.4 Å². The molecular formula is C12H14ClN3O2. The molecule has 18 heavy (non-hydrogen) atoms. The van der Waals surface area contributed by atoms with E-state index in [1.54, 1.807) is 6.08 Å². The first kappa shape index (κ1) is 13.0. The third kappa shape index (κ3) is 2.00. The Labute approximate surface area is 110 Å². The van der Waals surface area contributed by atoms with Gasteiger partial charge in [0.2, 0.25) is 5.78 Å². The van der Waals surface area contributed by atoms with Crippen molar-refractivity contribution in [1.82, 2.24) is 15.4 Å². The van der Waals surface area contributed by atoms with Gasteiger partial charge in [-0.05, 0) is 11.5 Å². The molecule has 0 radical (unpaired) electrons. The number of aliphatic hydroxyl groups is 1. The van der Waals surface area contributed by atoms with Gasteiger partial charge in [0, 0.05) is 6.42 Å². The molecule has 1 heterocycles. The Kier molecular flexibility index (Phi) is 3.36. The van der Waals surface area contributed by atoms with Crippen LogP contribution < -0.4 is 0 Å². The number of allylic oxidation sites excluding steroid dienone is 2. The number of nitrogens with one attached hydrogen (secondary N) is 1. The summed E-state index contributed by atoms with van der Waals surface area (Å²) in [6.45, 7) is 3.91. The fraction of sp³-hybridized carbons (Fsp3) is 0.417. The molecule has 0 amide bonds. The van der Waals surface area contributed by atoms with Crippen LogP contribution in [0.2, 0.25) is 0 Å². The summed E-state index contributed by atoms with van der Waals surface area (Å²) in [6, 6.07) is 0. The van der Waals surface area contributed by atoms with Crippen molar-refractivity contribution >= 4 is 17.4 Å². The van der Waals surface area contributed by atoms with E-state index in [1.165, 1.54) is 6.20 Å². The topological polar surface area (TPSA) is 78.9 Å². The highest BCUT2D eigenvalue weighted by Gasteiger charge is 2.43. The summed E-state index contributed by atoms with van der Waals surface area (Å²) in [4.78, 5) is 12.2. The van der Waals surface area contributed by atoms with Crippen LogP contribution in [0.1, 0.15) is 30.8 Å². The molecule has 1 unspecified atom stereocenters. The number of carbonyl (C=O) groups is 1. The second-order valence-corrected chi connectivity index (χ2v) is 4.95. The van der Waals surface area contributed by atoms with E-state index in [-0.39, 0.29) is 23.1 Å². The Morgan fingerprint density at radius 1 is 1.61 bits per heavy atom. The number of rotatable bonds is 3. The number of nitrogens with zero attached hydrogens (tertiary/aromatic N) is 2. The van der Waals surface area contributed by atoms with Gasteiger partial charge in [-0.15, -0.1) is 0 Å². The van der Waals surface area contributed by atoms with Gasteiger partial charge in [-0.3, -0.25) is 4.79 Å². The van der Waals surface area contributed by atoms with E-state index in [1.807, 2.05) is 19.9 Å². The van der Waals surface area contributed by atoms with Gasteiger partial charge in [-0.2, -0.15) is 15.4 Å². The molecule has 0 aliphatic heterocycles. The summed E-state index contributed by atoms with van der Waals surface area (Å²) < 4.78 is 0. The Bertz CT molecular complexity index is 519. The Morgan fingerprint density at radius 2 is 2.33 bits per heavy atom. The zero-order valence-corrected chi connectivity index (χ0v) is 10.9. The lowest BCUT2D eigenvalue weighted by Crippen LogP contribution is -2.41. The highest BCUT2D eigenvalue weighted by Crippen LogP contribution is 2.37. The molecule has 2 rings (SSSR count). The van der Waals surface area contributed by atoms with Crippen LogP contribution in [0.5, 0.6) is 0 Å². The highest BCUT2D eigenvalue weighted by molar-refractivity contribution is 6.34. The van der Waals surface area contributed by atoms with E-state index in [0.717, 1.165) is 5.57 Å². The zero-order valence-electron chi connectivity index (χ0n) is 10.1. The molecule has 0 bridgehead atoms. The standard InChI is InChI=1S/C12H14ClN3O2/c1-7(2)8-4-3-5-12(18,10(8)13)11(17)9-6-14-16-15-9/h3-4,6-7,18H,5H2,1-2H3,(H,14,15,16). The second kappa shape index (κ2) is 4.66. The van der Waals surface area contributed by atoms with Crippen molar-refractivity contribution in [3.8, 4) is 0 Å². The fourth-order valence-corrected chi connectivity index (χ4v) is 2.36. The lowest BCUT2D eigenvalue weighted by molar-refractivity contribution is 0.0506. The first-order valence-electron chi connectivity index (χ1n) is 5.66. The molecule has 0 saturated heterocycles. The summed E-state index contributed by atoms with van der Waals surface area (Å²) in [6.07, 6.45) is 5.02. The van der Waals surface area contributed by atoms with Gasteiger partial charge in [-0.25, -0.2) is 0 Å². The van der Waals surface area contributed by atoms with Gasteiger partial charge in [0.1, 0.15) is 0 Å². The summed E-state index contributed by atoms with van der Waals surface area (Å²) in [5.74, 6) is -0.408. The van der Waals surface area contributed by atoms with Crippen LogP contribution in [-0.4, -0.2) is 31.9 Å². The minimum Gasteiger partial charge on any atom is -0.376 e. The molecule has 0 saturated carbocycles. The van der Waals surface area contributed by atoms with Crippen LogP contribution in [-0.2, 0) is 0 Å². The lowest BCUT2D eigenvalue weighted by atomic mass is 9.83. The van der Waals surface area contributed by atoms with Crippen LogP contribution in [0.4, 0.5) is 0 Å². The van der Waals surface area contributed by atoms with Crippen molar-refractivity contribution < 1.29 is 9.90 Å². The average molecular weight is 268 g/mol. The number of hydrogen-bond acceptors (Lipinski definition) is 4. The number of aromatic nitrogens is 3. The molecule has 1 aliphatic carbocycles. The normalized spacial score (nSPS) is 23.8. The molecule has 5 nitrogen and oxygen atoms in total. The highest BCUT2D eigenvalue weighted by atomic mass is 35.5. The van der Waals surface area contributed by atoms with Crippen molar-refractivity contribution in [2.24, 2.45) is 5.92 Å². The number of H-pyrrole nitrogens is 1. The van der Waals surface area contributed by atoms with Crippen LogP contribution >= 0.6 is 11.6 Å². The quantitative estimate of drug-likeness (QED) is 0.819. The molecule has 96 valence electrons. The van der Waals surface area contributed by atoms with Gasteiger partial charge in [0.15, 0.2) is 11.3 Å². The molecule has 0 aromatic carbocycles. The van der Waals surface area contributed by atoms with Gasteiger partial charge in [0.25, 0.3) is 0 Å². The van der Waals surface area contributed by atoms with E-state index in [9.17, 15) is 9.90 Å². The average Bonchev–Trinajstić information content (AvgIpc) is 2.85. The predicted molar refractivity (Wildman–Crippen MR) is 67.1 cm³/mol. The second-order valence-electron chi connectivity index (χ2n) is 4.58. The number of Topliss-reactive ketones (excluding diaryl/α,β-unsaturated/α-hetero) is 1. The first-order chi connectivity index (χ1) is 8.47. The van der Waals surface area contributed by atoms with Gasteiger partial charge in [0.05, 0.1) is 11.2 Å². The molecule has 2 N–H and O–H groups in total. The van der Waals surface area contributed by atoms with E-state index >= 15 is 0 Å². The largest absolute Gasteiger partial charge is 0.376 e. The number of ketones is 1. The zero-order chi connectivity index (χ0) is 13.3. The Morgan fingerprint density at radius 3 is 2.89 bits per heavy atom. The number of aromatic amines is 1. The van der Waals surface area contributed by atoms with Crippen LogP contribution in [0.3, 0.4) is 0 Å². The molecule has 6 heteroatoms. The Balaban J connectivity index is 2.43. The van der Waals surface area contributed by atoms with Crippen molar-refractivity contribution in [3.05, 3.63) is 34.6 Å². The van der Waals surface area contributed by atoms with Crippen molar-refractivity contribution in [3.63, 3.8) is 0 Å². The summed E-state index contributed by atoms with van der Waals surface area (Å²) in [5.41, 5.74) is -0.886. The van der Waals surface area contributed by atoms with Crippen LogP contribution in [0.25, 0.3) is 0 Å². The summed E-state index contributed by atoms with van der Waals surface area (Å²) in [5, 5.41) is 20.3. The van der Waals surface area contributed by atoms with E-state index in [0.29, 0.717) is 0 Å². The van der Waals surface area contributed by atoms with Crippen molar-refractivity contribution in [2.75, 3.05) is 0 Å². The molecule has 1 aromatic heterocycles. The van der Waals surface area contributed by atoms with E-state index < -0.39 is 11.4 Å². The molecule has 1 atom stereocenters. The minimum atomic E-state index is -1.73. The summed E-state index contributed by atoms with van der Waals surface area (Å²) in [7, 11) is 0. The van der Waals surface area contributed by atoms with Gasteiger partial charge >= 0.3 is 0 Å². The SMILES string of the molecule is CC(C)C1=C(Cl)C(O)(C(=O)c2cn[nH]n2)CC=C1. The number of halogens is 1. The number of hydrogen-bond donors (Lipinski definition) is 2. The Hall–Kier alpha value is -1.46. The molecule has 1 aromatic rings. The molecule has 0 fully saturated rings. The maximum atomic E-state index is 12.2. The fourth-order valence-electron chi connectivity index (χ4n) is 1.92. The van der Waals surface area contributed by atoms with Crippen molar-refractivity contribution in [1.29, 1.82) is 0 Å². The van der Waals surface area contributed by atoms with Crippen molar-refractivity contribution in [2.45, 2.75) is 25.9 Å². The molecule has 0 spiro atoms. The molecule has 1 aliphatic rings. The maximum absolute atomic E-state index is 12.2. The van der Waals surface area contributed by atoms with Gasteiger partial charge < -0.3 is 5.11 Å². The monoisotopic (exact) mass is 267 g/mol. The van der Waals surface area contributed by atoms with Crippen LogP contribution in [0, 0.1) is 5.92 Å². The minimum absolute atomic E-state index is 0.0778. The predicted octanol–water partition coefficient (Wildman–Crippen LogP) is 1.83. The maximum Gasteiger partial charge on any atom is 0.221 e. The number of carbonyl (C=O) groups excluding carboxylic acids is 1. The smallest absolute Gasteiger partial charge is 0.221 e. The van der Waals surface area contributed by atoms with Gasteiger partial charge in [-0.1, -0.05) is 37.6 Å². The first-order valence-corrected chi connectivity index (χ1v) is 6.04.